The van der Waals surface area contributed by atoms with E-state index < -0.39 is 0 Å². The van der Waals surface area contributed by atoms with Gasteiger partial charge in [-0.3, -0.25) is 14.5 Å². The van der Waals surface area contributed by atoms with Crippen LogP contribution in [0.25, 0.3) is 11.0 Å². The molecular formula is C22H28N4O2S. The average molecular weight is 413 g/mol. The van der Waals surface area contributed by atoms with Gasteiger partial charge in [0.25, 0.3) is 11.5 Å². The summed E-state index contributed by atoms with van der Waals surface area (Å²) in [7, 11) is 1.72. The van der Waals surface area contributed by atoms with E-state index in [4.69, 9.17) is 0 Å². The van der Waals surface area contributed by atoms with E-state index in [1.165, 1.54) is 4.88 Å². The molecule has 1 unspecified atom stereocenters. The van der Waals surface area contributed by atoms with E-state index in [2.05, 4.69) is 46.6 Å². The Morgan fingerprint density at radius 2 is 2.14 bits per heavy atom. The Morgan fingerprint density at radius 1 is 1.34 bits per heavy atom. The van der Waals surface area contributed by atoms with Gasteiger partial charge in [-0.05, 0) is 49.9 Å². The number of thiophene rings is 1. The minimum atomic E-state index is -0.125. The molecule has 0 saturated carbocycles. The maximum atomic E-state index is 12.6. The van der Waals surface area contributed by atoms with Crippen molar-refractivity contribution >= 4 is 28.3 Å². The quantitative estimate of drug-likeness (QED) is 0.616. The molecule has 29 heavy (non-hydrogen) atoms. The highest BCUT2D eigenvalue weighted by atomic mass is 32.1. The minimum Gasteiger partial charge on any atom is -0.351 e. The summed E-state index contributed by atoms with van der Waals surface area (Å²) in [6.07, 6.45) is 1.06. The lowest BCUT2D eigenvalue weighted by Gasteiger charge is -2.28. The van der Waals surface area contributed by atoms with Gasteiger partial charge in [0, 0.05) is 43.2 Å². The molecule has 1 amide bonds. The fourth-order valence-electron chi connectivity index (χ4n) is 3.35. The Bertz CT molecular complexity index is 1040. The summed E-state index contributed by atoms with van der Waals surface area (Å²) < 4.78 is 1.56. The van der Waals surface area contributed by atoms with Gasteiger partial charge in [-0.1, -0.05) is 13.0 Å². The molecule has 3 rings (SSSR count). The molecule has 1 atom stereocenters. The largest absolute Gasteiger partial charge is 0.351 e. The van der Waals surface area contributed by atoms with Crippen LogP contribution in [0.5, 0.6) is 0 Å². The molecule has 6 nitrogen and oxygen atoms in total. The van der Waals surface area contributed by atoms with Crippen LogP contribution in [0.4, 0.5) is 0 Å². The second kappa shape index (κ2) is 9.33. The number of aryl methyl sites for hydroxylation is 2. The van der Waals surface area contributed by atoms with Crippen molar-refractivity contribution in [2.24, 2.45) is 7.05 Å². The third-order valence-electron chi connectivity index (χ3n) is 5.34. The molecule has 1 N–H and O–H groups in total. The number of amides is 1. The van der Waals surface area contributed by atoms with Gasteiger partial charge in [0.15, 0.2) is 0 Å². The summed E-state index contributed by atoms with van der Waals surface area (Å²) >= 11 is 1.76. The lowest BCUT2D eigenvalue weighted by Crippen LogP contribution is -2.39. The topological polar surface area (TPSA) is 67.2 Å². The molecule has 0 fully saturated rings. The monoisotopic (exact) mass is 412 g/mol. The van der Waals surface area contributed by atoms with Crippen molar-refractivity contribution in [1.29, 1.82) is 0 Å². The molecule has 7 heteroatoms. The summed E-state index contributed by atoms with van der Waals surface area (Å²) in [6, 6.07) is 9.93. The maximum absolute atomic E-state index is 12.6. The SMILES string of the molecule is CCC(C)N(CCNC(=O)c1ccc2c(c1)nc(C)c(=O)n2C)Cc1cccs1. The summed E-state index contributed by atoms with van der Waals surface area (Å²) in [5.41, 5.74) is 2.23. The minimum absolute atomic E-state index is 0.120. The summed E-state index contributed by atoms with van der Waals surface area (Å²) in [4.78, 5) is 32.7. The van der Waals surface area contributed by atoms with Crippen molar-refractivity contribution in [2.45, 2.75) is 39.8 Å². The normalized spacial score (nSPS) is 12.4. The van der Waals surface area contributed by atoms with Crippen molar-refractivity contribution < 1.29 is 4.79 Å². The van der Waals surface area contributed by atoms with E-state index in [-0.39, 0.29) is 11.5 Å². The second-order valence-electron chi connectivity index (χ2n) is 7.33. The highest BCUT2D eigenvalue weighted by Gasteiger charge is 2.14. The van der Waals surface area contributed by atoms with Crippen LogP contribution in [-0.2, 0) is 13.6 Å². The van der Waals surface area contributed by atoms with Gasteiger partial charge in [-0.25, -0.2) is 4.98 Å². The Hall–Kier alpha value is -2.51. The van der Waals surface area contributed by atoms with Gasteiger partial charge >= 0.3 is 0 Å². The maximum Gasteiger partial charge on any atom is 0.272 e. The first-order chi connectivity index (χ1) is 13.9. The Labute approximate surface area is 175 Å². The third kappa shape index (κ3) is 4.92. The molecule has 2 aromatic heterocycles. The lowest BCUT2D eigenvalue weighted by atomic mass is 10.1. The number of carbonyl (C=O) groups excluding carboxylic acids is 1. The molecule has 3 aromatic rings. The molecule has 0 spiro atoms. The molecule has 0 saturated heterocycles. The van der Waals surface area contributed by atoms with E-state index in [1.54, 1.807) is 48.1 Å². The van der Waals surface area contributed by atoms with E-state index in [9.17, 15) is 9.59 Å². The lowest BCUT2D eigenvalue weighted by molar-refractivity contribution is 0.0943. The van der Waals surface area contributed by atoms with Crippen LogP contribution < -0.4 is 10.9 Å². The Balaban J connectivity index is 1.66. The number of hydrogen-bond donors (Lipinski definition) is 1. The van der Waals surface area contributed by atoms with Crippen LogP contribution >= 0.6 is 11.3 Å². The molecule has 0 aliphatic heterocycles. The van der Waals surface area contributed by atoms with Crippen LogP contribution in [-0.4, -0.2) is 39.5 Å². The van der Waals surface area contributed by atoms with E-state index in [0.29, 0.717) is 29.4 Å². The van der Waals surface area contributed by atoms with Crippen LogP contribution in [0.15, 0.2) is 40.5 Å². The van der Waals surface area contributed by atoms with Crippen LogP contribution in [0.1, 0.15) is 41.2 Å². The zero-order valence-electron chi connectivity index (χ0n) is 17.4. The Morgan fingerprint density at radius 3 is 2.83 bits per heavy atom. The van der Waals surface area contributed by atoms with E-state index in [0.717, 1.165) is 25.0 Å². The molecule has 0 aliphatic carbocycles. The first kappa shape index (κ1) is 21.2. The first-order valence-electron chi connectivity index (χ1n) is 9.92. The standard InChI is InChI=1S/C22H28N4O2S/c1-5-15(2)26(14-18-7-6-12-29-18)11-10-23-21(27)17-8-9-20-19(13-17)24-16(3)22(28)25(20)4/h6-9,12-13,15H,5,10-11,14H2,1-4H3,(H,23,27). The second-order valence-corrected chi connectivity index (χ2v) is 8.36. The number of aromatic nitrogens is 2. The van der Waals surface area contributed by atoms with Crippen molar-refractivity contribution in [3.05, 3.63) is 62.2 Å². The van der Waals surface area contributed by atoms with Gasteiger partial charge in [0.05, 0.1) is 11.0 Å². The fourth-order valence-corrected chi connectivity index (χ4v) is 4.08. The number of fused-ring (bicyclic) bond motifs is 1. The van der Waals surface area contributed by atoms with Crippen LogP contribution in [0.2, 0.25) is 0 Å². The zero-order valence-corrected chi connectivity index (χ0v) is 18.3. The van der Waals surface area contributed by atoms with Crippen LogP contribution in [0, 0.1) is 6.92 Å². The molecule has 0 aliphatic rings. The number of nitrogens with zero attached hydrogens (tertiary/aromatic N) is 3. The van der Waals surface area contributed by atoms with E-state index in [1.807, 2.05) is 0 Å². The summed E-state index contributed by atoms with van der Waals surface area (Å²) in [6.45, 7) is 8.35. The zero-order chi connectivity index (χ0) is 21.0. The predicted molar refractivity (Wildman–Crippen MR) is 119 cm³/mol. The van der Waals surface area contributed by atoms with Gasteiger partial charge in [0.2, 0.25) is 0 Å². The molecule has 0 radical (unpaired) electrons. The van der Waals surface area contributed by atoms with Crippen molar-refractivity contribution in [2.75, 3.05) is 13.1 Å². The van der Waals surface area contributed by atoms with E-state index >= 15 is 0 Å². The van der Waals surface area contributed by atoms with Crippen molar-refractivity contribution in [1.82, 2.24) is 19.8 Å². The molecule has 0 bridgehead atoms. The van der Waals surface area contributed by atoms with Crippen molar-refractivity contribution in [3.63, 3.8) is 0 Å². The number of hydrogen-bond acceptors (Lipinski definition) is 5. The number of rotatable bonds is 8. The third-order valence-corrected chi connectivity index (χ3v) is 6.20. The smallest absolute Gasteiger partial charge is 0.272 e. The molecule has 1 aromatic carbocycles. The average Bonchev–Trinajstić information content (AvgIpc) is 3.23. The molecular weight excluding hydrogens is 384 g/mol. The molecule has 154 valence electrons. The first-order valence-corrected chi connectivity index (χ1v) is 10.8. The van der Waals surface area contributed by atoms with Crippen molar-refractivity contribution in [3.8, 4) is 0 Å². The van der Waals surface area contributed by atoms with Gasteiger partial charge in [-0.2, -0.15) is 0 Å². The predicted octanol–water partition coefficient (Wildman–Crippen LogP) is 3.33. The van der Waals surface area contributed by atoms with Crippen LogP contribution in [0.3, 0.4) is 0 Å². The van der Waals surface area contributed by atoms with Gasteiger partial charge in [0.1, 0.15) is 5.69 Å². The van der Waals surface area contributed by atoms with Gasteiger partial charge < -0.3 is 9.88 Å². The number of benzene rings is 1. The van der Waals surface area contributed by atoms with Gasteiger partial charge in [-0.15, -0.1) is 11.3 Å². The number of nitrogens with one attached hydrogen (secondary N) is 1. The highest BCUT2D eigenvalue weighted by molar-refractivity contribution is 7.09. The summed E-state index contributed by atoms with van der Waals surface area (Å²) in [5.74, 6) is -0.125. The molecule has 2 heterocycles. The Kier molecular flexibility index (Phi) is 6.82. The fraction of sp³-hybridized carbons (Fsp3) is 0.409. The highest BCUT2D eigenvalue weighted by Crippen LogP contribution is 2.15. The number of carbonyl (C=O) groups is 1. The summed E-state index contributed by atoms with van der Waals surface area (Å²) in [5, 5.41) is 5.11.